The van der Waals surface area contributed by atoms with Gasteiger partial charge in [0.1, 0.15) is 0 Å². The Hall–Kier alpha value is -1.31. The predicted octanol–water partition coefficient (Wildman–Crippen LogP) is 1.40. The minimum atomic E-state index is -4.40. The number of nitrogens with one attached hydrogen (secondary N) is 1. The monoisotopic (exact) mass is 365 g/mol. The van der Waals surface area contributed by atoms with Crippen LogP contribution in [-0.2, 0) is 15.8 Å². The normalized spacial score (nSPS) is 16.9. The molecule has 0 saturated heterocycles. The molecule has 0 radical (unpaired) electrons. The Balaban J connectivity index is 0.00000134. The first-order valence-corrected chi connectivity index (χ1v) is 7.33. The molecule has 1 unspecified atom stereocenters. The number of aliphatic hydroxyl groups excluding tert-OH is 1. The third-order valence-electron chi connectivity index (χ3n) is 3.98. The Labute approximate surface area is 166 Å². The van der Waals surface area contributed by atoms with Gasteiger partial charge in [-0.25, -0.2) is 0 Å². The average molecular weight is 365 g/mol. The average Bonchev–Trinajstić information content (AvgIpc) is 2.50. The number of alkyl halides is 3. The van der Waals surface area contributed by atoms with E-state index in [1.807, 2.05) is 6.92 Å². The third kappa shape index (κ3) is 7.63. The van der Waals surface area contributed by atoms with Crippen molar-refractivity contribution in [1.82, 2.24) is 0 Å². The summed E-state index contributed by atoms with van der Waals surface area (Å²) in [6.07, 6.45) is -2.11. The molecule has 4 nitrogen and oxygen atoms in total. The van der Waals surface area contributed by atoms with E-state index in [0.717, 1.165) is 25.0 Å². The molecule has 2 rings (SSSR count). The molecule has 1 amide bonds. The van der Waals surface area contributed by atoms with Gasteiger partial charge in [0.2, 0.25) is 5.91 Å². The molecule has 0 fully saturated rings. The smallest absolute Gasteiger partial charge is 0.665 e. The fourth-order valence-corrected chi connectivity index (χ4v) is 2.49. The summed E-state index contributed by atoms with van der Waals surface area (Å²) in [7, 11) is 0. The number of benzene rings is 1. The molecule has 1 atom stereocenters. The first-order valence-electron chi connectivity index (χ1n) is 7.33. The summed E-state index contributed by atoms with van der Waals surface area (Å²) in [5.74, 6) is -0.371. The van der Waals surface area contributed by atoms with Crippen molar-refractivity contribution in [3.8, 4) is 0 Å². The maximum Gasteiger partial charge on any atom is 1.00 e. The van der Waals surface area contributed by atoms with Crippen molar-refractivity contribution in [2.75, 3.05) is 5.32 Å². The predicted molar refractivity (Wildman–Crippen MR) is 84.1 cm³/mol. The van der Waals surface area contributed by atoms with Crippen molar-refractivity contribution >= 4 is 18.1 Å². The Morgan fingerprint density at radius 3 is 2.40 bits per heavy atom. The van der Waals surface area contributed by atoms with Gasteiger partial charge in [-0.05, 0) is 51.3 Å². The van der Waals surface area contributed by atoms with E-state index in [1.165, 1.54) is 23.3 Å². The quantitative estimate of drug-likeness (QED) is 0.473. The zero-order valence-corrected chi connectivity index (χ0v) is 16.4. The number of allylic oxidation sites excluding steroid dienone is 2. The van der Waals surface area contributed by atoms with E-state index >= 15 is 0 Å². The number of rotatable bonds is 2. The molecule has 1 aliphatic rings. The fraction of sp³-hybridized carbons (Fsp3) is 0.412. The number of amides is 1. The van der Waals surface area contributed by atoms with Crippen LogP contribution in [0.4, 0.5) is 18.9 Å². The van der Waals surface area contributed by atoms with Crippen molar-refractivity contribution < 1.29 is 57.4 Å². The van der Waals surface area contributed by atoms with E-state index in [4.69, 9.17) is 9.90 Å². The van der Waals surface area contributed by atoms with Gasteiger partial charge in [-0.3, -0.25) is 4.79 Å². The maximum atomic E-state index is 12.6. The number of hydrogen-bond acceptors (Lipinski definition) is 2. The number of carbonyl (C=O) groups excluding carboxylic acids is 1. The molecule has 1 aliphatic carbocycles. The summed E-state index contributed by atoms with van der Waals surface area (Å²) >= 11 is 0. The van der Waals surface area contributed by atoms with Gasteiger partial charge in [0.25, 0.3) is 0 Å². The zero-order chi connectivity index (χ0) is 18.3. The topological polar surface area (TPSA) is 66.4 Å². The second-order valence-corrected chi connectivity index (χ2v) is 5.66. The zero-order valence-electron chi connectivity index (χ0n) is 14.4. The molecule has 0 aliphatic heterocycles. The number of anilines is 1. The van der Waals surface area contributed by atoms with Gasteiger partial charge in [-0.2, -0.15) is 13.2 Å². The van der Waals surface area contributed by atoms with Crippen molar-refractivity contribution in [2.24, 2.45) is 5.92 Å². The van der Waals surface area contributed by atoms with Crippen molar-refractivity contribution in [3.05, 3.63) is 41.0 Å². The largest absolute Gasteiger partial charge is 1.00 e. The molecule has 132 valence electrons. The van der Waals surface area contributed by atoms with Gasteiger partial charge in [-0.1, -0.05) is 23.7 Å². The molecule has 0 spiro atoms. The van der Waals surface area contributed by atoms with E-state index < -0.39 is 11.7 Å². The van der Waals surface area contributed by atoms with Crippen molar-refractivity contribution in [1.29, 1.82) is 0 Å². The molecule has 0 bridgehead atoms. The van der Waals surface area contributed by atoms with E-state index in [-0.39, 0.29) is 47.1 Å². The van der Waals surface area contributed by atoms with Crippen LogP contribution >= 0.6 is 0 Å². The van der Waals surface area contributed by atoms with Crippen LogP contribution in [0.15, 0.2) is 35.4 Å². The minimum Gasteiger partial charge on any atom is -0.665 e. The maximum absolute atomic E-state index is 12.6. The SMILES string of the molecule is CC1=C(C)CC(C(=O)Nc2cccc(C(F)(F)F)c2)CC1.O=[C-]O.[Na+]. The summed E-state index contributed by atoms with van der Waals surface area (Å²) in [6, 6.07) is 4.74. The summed E-state index contributed by atoms with van der Waals surface area (Å²) in [5.41, 5.74) is 1.94. The van der Waals surface area contributed by atoms with E-state index in [9.17, 15) is 18.0 Å². The number of halogens is 3. The molecule has 1 aromatic rings. The van der Waals surface area contributed by atoms with Crippen LogP contribution in [0, 0.1) is 5.92 Å². The summed E-state index contributed by atoms with van der Waals surface area (Å²) < 4.78 is 37.9. The molecule has 8 heteroatoms. The first-order chi connectivity index (χ1) is 11.2. The number of hydrogen-bond donors (Lipinski definition) is 2. The molecule has 25 heavy (non-hydrogen) atoms. The standard InChI is InChI=1S/C16H18F3NO.CHO2.Na/c1-10-6-7-12(8-11(10)2)15(21)20-14-5-3-4-13(9-14)16(17,18)19;2-1-3;/h3-5,9,12H,6-8H2,1-2H3,(H,20,21);(H,2,3);/q;-1;+1. The van der Waals surface area contributed by atoms with Crippen molar-refractivity contribution in [3.63, 3.8) is 0 Å². The molecular weight excluding hydrogens is 346 g/mol. The molecule has 0 aromatic heterocycles. The van der Waals surface area contributed by atoms with Crippen LogP contribution in [0.2, 0.25) is 0 Å². The summed E-state index contributed by atoms with van der Waals surface area (Å²) in [4.78, 5) is 20.4. The summed E-state index contributed by atoms with van der Waals surface area (Å²) in [5, 5.41) is 9.36. The van der Waals surface area contributed by atoms with E-state index in [1.54, 1.807) is 0 Å². The van der Waals surface area contributed by atoms with Crippen LogP contribution in [0.1, 0.15) is 38.7 Å². The molecular formula is C17H19F3NNaO3. The van der Waals surface area contributed by atoms with Crippen LogP contribution in [0.5, 0.6) is 0 Å². The molecule has 1 aromatic carbocycles. The third-order valence-corrected chi connectivity index (χ3v) is 3.98. The van der Waals surface area contributed by atoms with Crippen LogP contribution in [-0.4, -0.2) is 17.5 Å². The Morgan fingerprint density at radius 2 is 1.88 bits per heavy atom. The Bertz CT molecular complexity index is 630. The Morgan fingerprint density at radius 1 is 1.28 bits per heavy atom. The van der Waals surface area contributed by atoms with Gasteiger partial charge >= 0.3 is 35.7 Å². The minimum absolute atomic E-state index is 0. The molecule has 0 saturated carbocycles. The Kier molecular flexibility index (Phi) is 10.1. The van der Waals surface area contributed by atoms with Crippen LogP contribution in [0.3, 0.4) is 0 Å². The molecule has 0 heterocycles. The van der Waals surface area contributed by atoms with Gasteiger partial charge in [0.15, 0.2) is 0 Å². The van der Waals surface area contributed by atoms with Gasteiger partial charge < -0.3 is 15.2 Å². The summed E-state index contributed by atoms with van der Waals surface area (Å²) in [6.45, 7) is 4.55. The molecule has 2 N–H and O–H groups in total. The van der Waals surface area contributed by atoms with Gasteiger partial charge in [-0.15, -0.1) is 0 Å². The van der Waals surface area contributed by atoms with Gasteiger partial charge in [0.05, 0.1) is 5.56 Å². The van der Waals surface area contributed by atoms with E-state index in [2.05, 4.69) is 12.2 Å². The van der Waals surface area contributed by atoms with Crippen molar-refractivity contribution in [2.45, 2.75) is 39.3 Å². The first kappa shape index (κ1) is 23.7. The van der Waals surface area contributed by atoms with Crippen LogP contribution in [0.25, 0.3) is 0 Å². The fourth-order valence-electron chi connectivity index (χ4n) is 2.49. The van der Waals surface area contributed by atoms with E-state index in [0.29, 0.717) is 12.9 Å². The second-order valence-electron chi connectivity index (χ2n) is 5.66. The van der Waals surface area contributed by atoms with Gasteiger partial charge in [0, 0.05) is 11.6 Å². The second kappa shape index (κ2) is 10.6. The van der Waals surface area contributed by atoms with Crippen LogP contribution < -0.4 is 34.9 Å². The number of carbonyl (C=O) groups is 1.